The molecule has 0 atom stereocenters. The fourth-order valence-electron chi connectivity index (χ4n) is 2.29. The summed E-state index contributed by atoms with van der Waals surface area (Å²) in [7, 11) is 0. The van der Waals surface area contributed by atoms with Gasteiger partial charge in [-0.25, -0.2) is 9.59 Å². The van der Waals surface area contributed by atoms with E-state index in [0.29, 0.717) is 12.1 Å². The van der Waals surface area contributed by atoms with E-state index in [2.05, 4.69) is 5.32 Å². The predicted molar refractivity (Wildman–Crippen MR) is 105 cm³/mol. The number of hydrogen-bond donors (Lipinski definition) is 3. The molecule has 0 saturated carbocycles. The van der Waals surface area contributed by atoms with Gasteiger partial charge in [-0.15, -0.1) is 0 Å². The summed E-state index contributed by atoms with van der Waals surface area (Å²) in [4.78, 5) is 47.9. The molecule has 1 aromatic rings. The molecule has 0 radical (unpaired) electrons. The van der Waals surface area contributed by atoms with E-state index in [9.17, 15) is 19.2 Å². The Kier molecular flexibility index (Phi) is 11.1. The van der Waals surface area contributed by atoms with Crippen LogP contribution < -0.4 is 5.32 Å². The van der Waals surface area contributed by atoms with E-state index in [4.69, 9.17) is 19.7 Å². The summed E-state index contributed by atoms with van der Waals surface area (Å²) in [6, 6.07) is 6.63. The lowest BCUT2D eigenvalue weighted by atomic mass is 10.1. The van der Waals surface area contributed by atoms with E-state index in [1.54, 1.807) is 38.1 Å². The van der Waals surface area contributed by atoms with Gasteiger partial charge < -0.3 is 29.9 Å². The molecule has 2 amide bonds. The van der Waals surface area contributed by atoms with E-state index >= 15 is 0 Å². The number of carbonyl (C=O) groups excluding carboxylic acids is 4. The lowest BCUT2D eigenvalue weighted by Crippen LogP contribution is -2.37. The number of amides is 2. The zero-order valence-electron chi connectivity index (χ0n) is 17.1. The molecule has 30 heavy (non-hydrogen) atoms. The van der Waals surface area contributed by atoms with Crippen LogP contribution in [-0.4, -0.2) is 78.4 Å². The second kappa shape index (κ2) is 13.3. The molecular weight excluding hydrogens is 396 g/mol. The van der Waals surface area contributed by atoms with Crippen LogP contribution in [0.5, 0.6) is 0 Å². The third kappa shape index (κ3) is 9.01. The fraction of sp³-hybridized carbons (Fsp3) is 0.500. The SMILES string of the molecule is CC(C)C(=O)NCc1ccc(C(=O)N(CCOC(=O)CO)CCOC(=O)CO)cc1. The normalized spacial score (nSPS) is 10.4. The van der Waals surface area contributed by atoms with Gasteiger partial charge in [0.1, 0.15) is 26.4 Å². The van der Waals surface area contributed by atoms with E-state index < -0.39 is 25.2 Å². The monoisotopic (exact) mass is 424 g/mol. The Morgan fingerprint density at radius 3 is 1.87 bits per heavy atom. The second-order valence-electron chi connectivity index (χ2n) is 6.62. The number of aliphatic hydroxyl groups is 2. The molecule has 0 spiro atoms. The van der Waals surface area contributed by atoms with Crippen LogP contribution in [0.3, 0.4) is 0 Å². The molecule has 0 aliphatic heterocycles. The van der Waals surface area contributed by atoms with Gasteiger partial charge in [-0.3, -0.25) is 9.59 Å². The Hall–Kier alpha value is -2.98. The zero-order chi connectivity index (χ0) is 22.5. The Morgan fingerprint density at radius 1 is 0.933 bits per heavy atom. The van der Waals surface area contributed by atoms with Crippen molar-refractivity contribution in [3.63, 3.8) is 0 Å². The van der Waals surface area contributed by atoms with Crippen molar-refractivity contribution in [3.8, 4) is 0 Å². The van der Waals surface area contributed by atoms with Crippen molar-refractivity contribution in [3.05, 3.63) is 35.4 Å². The first-order valence-electron chi connectivity index (χ1n) is 9.47. The first-order valence-corrected chi connectivity index (χ1v) is 9.47. The maximum atomic E-state index is 12.8. The number of aliphatic hydroxyl groups excluding tert-OH is 2. The largest absolute Gasteiger partial charge is 0.462 e. The second-order valence-corrected chi connectivity index (χ2v) is 6.62. The van der Waals surface area contributed by atoms with Crippen LogP contribution in [0.1, 0.15) is 29.8 Å². The van der Waals surface area contributed by atoms with Crippen molar-refractivity contribution < 1.29 is 38.9 Å². The highest BCUT2D eigenvalue weighted by Gasteiger charge is 2.17. The van der Waals surface area contributed by atoms with Crippen molar-refractivity contribution in [1.29, 1.82) is 0 Å². The average Bonchev–Trinajstić information content (AvgIpc) is 2.75. The molecule has 166 valence electrons. The number of ether oxygens (including phenoxy) is 2. The highest BCUT2D eigenvalue weighted by molar-refractivity contribution is 5.94. The van der Waals surface area contributed by atoms with Crippen molar-refractivity contribution in [2.75, 3.05) is 39.5 Å². The van der Waals surface area contributed by atoms with Crippen molar-refractivity contribution in [2.45, 2.75) is 20.4 Å². The molecule has 0 aliphatic rings. The molecule has 0 heterocycles. The number of rotatable bonds is 12. The smallest absolute Gasteiger partial charge is 0.331 e. The van der Waals surface area contributed by atoms with Crippen molar-refractivity contribution in [2.24, 2.45) is 5.92 Å². The molecule has 1 aromatic carbocycles. The van der Waals surface area contributed by atoms with Gasteiger partial charge in [0.2, 0.25) is 5.91 Å². The van der Waals surface area contributed by atoms with Gasteiger partial charge in [0.15, 0.2) is 0 Å². The number of nitrogens with one attached hydrogen (secondary N) is 1. The highest BCUT2D eigenvalue weighted by Crippen LogP contribution is 2.09. The Bertz CT molecular complexity index is 696. The Balaban J connectivity index is 2.73. The van der Waals surface area contributed by atoms with Crippen LogP contribution in [0.25, 0.3) is 0 Å². The third-order valence-corrected chi connectivity index (χ3v) is 3.99. The van der Waals surface area contributed by atoms with Gasteiger partial charge >= 0.3 is 11.9 Å². The van der Waals surface area contributed by atoms with Crippen molar-refractivity contribution in [1.82, 2.24) is 10.2 Å². The predicted octanol–water partition coefficient (Wildman–Crippen LogP) is -0.528. The van der Waals surface area contributed by atoms with Crippen LogP contribution >= 0.6 is 0 Å². The minimum absolute atomic E-state index is 0.0213. The lowest BCUT2D eigenvalue weighted by Gasteiger charge is -2.22. The number of hydrogen-bond acceptors (Lipinski definition) is 8. The molecule has 1 rings (SSSR count). The first-order chi connectivity index (χ1) is 14.3. The van der Waals surface area contributed by atoms with E-state index in [1.807, 2.05) is 0 Å². The maximum absolute atomic E-state index is 12.8. The molecule has 10 heteroatoms. The summed E-state index contributed by atoms with van der Waals surface area (Å²) in [6.07, 6.45) is 0. The van der Waals surface area contributed by atoms with Crippen LogP contribution in [0.2, 0.25) is 0 Å². The third-order valence-electron chi connectivity index (χ3n) is 3.99. The lowest BCUT2D eigenvalue weighted by molar-refractivity contribution is -0.147. The van der Waals surface area contributed by atoms with Crippen LogP contribution in [0.15, 0.2) is 24.3 Å². The summed E-state index contributed by atoms with van der Waals surface area (Å²) >= 11 is 0. The summed E-state index contributed by atoms with van der Waals surface area (Å²) in [5, 5.41) is 20.2. The number of benzene rings is 1. The van der Waals surface area contributed by atoms with Crippen LogP contribution in [-0.2, 0) is 30.4 Å². The molecule has 0 unspecified atom stereocenters. The van der Waals surface area contributed by atoms with Crippen LogP contribution in [0, 0.1) is 5.92 Å². The van der Waals surface area contributed by atoms with Gasteiger partial charge in [-0.05, 0) is 17.7 Å². The van der Waals surface area contributed by atoms with Gasteiger partial charge in [-0.2, -0.15) is 0 Å². The summed E-state index contributed by atoms with van der Waals surface area (Å²) in [5.74, 6) is -2.22. The molecule has 0 bridgehead atoms. The van der Waals surface area contributed by atoms with Gasteiger partial charge in [0, 0.05) is 18.0 Å². The number of esters is 2. The standard InChI is InChI=1S/C20H28N2O8/c1-14(2)19(27)21-11-15-3-5-16(6-4-15)20(28)22(7-9-29-17(25)12-23)8-10-30-18(26)13-24/h3-6,14,23-24H,7-13H2,1-2H3,(H,21,27). The summed E-state index contributed by atoms with van der Waals surface area (Å²) in [5.41, 5.74) is 1.18. The molecule has 0 saturated heterocycles. The van der Waals surface area contributed by atoms with Gasteiger partial charge in [-0.1, -0.05) is 26.0 Å². The van der Waals surface area contributed by atoms with Crippen molar-refractivity contribution >= 4 is 23.8 Å². The van der Waals surface area contributed by atoms with E-state index in [0.717, 1.165) is 5.56 Å². The van der Waals surface area contributed by atoms with Gasteiger partial charge in [0.25, 0.3) is 5.91 Å². The summed E-state index contributed by atoms with van der Waals surface area (Å²) in [6.45, 7) is 2.15. The van der Waals surface area contributed by atoms with E-state index in [1.165, 1.54) is 4.90 Å². The fourth-order valence-corrected chi connectivity index (χ4v) is 2.29. The molecular formula is C20H28N2O8. The van der Waals surface area contributed by atoms with Crippen LogP contribution in [0.4, 0.5) is 0 Å². The Morgan fingerprint density at radius 2 is 1.43 bits per heavy atom. The highest BCUT2D eigenvalue weighted by atomic mass is 16.5. The first kappa shape index (κ1) is 25.1. The number of carbonyl (C=O) groups is 4. The molecule has 0 aromatic heterocycles. The van der Waals surface area contributed by atoms with E-state index in [-0.39, 0.29) is 44.0 Å². The number of nitrogens with zero attached hydrogens (tertiary/aromatic N) is 1. The Labute approximate surface area is 174 Å². The molecule has 3 N–H and O–H groups in total. The quantitative estimate of drug-likeness (QED) is 0.380. The molecule has 0 aliphatic carbocycles. The maximum Gasteiger partial charge on any atom is 0.331 e. The zero-order valence-corrected chi connectivity index (χ0v) is 17.1. The van der Waals surface area contributed by atoms with Gasteiger partial charge in [0.05, 0.1) is 13.1 Å². The average molecular weight is 424 g/mol. The minimum Gasteiger partial charge on any atom is -0.462 e. The minimum atomic E-state index is -0.818. The topological polar surface area (TPSA) is 142 Å². The molecule has 10 nitrogen and oxygen atoms in total. The summed E-state index contributed by atoms with van der Waals surface area (Å²) < 4.78 is 9.56. The molecule has 0 fully saturated rings.